The summed E-state index contributed by atoms with van der Waals surface area (Å²) in [5, 5.41) is 9.44. The van der Waals surface area contributed by atoms with Crippen LogP contribution in [-0.4, -0.2) is 39.7 Å². The molecular formula is C12H11NNaO5S3+. The fourth-order valence-corrected chi connectivity index (χ4v) is 3.75. The molecule has 1 fully saturated rings. The average molecular weight is 368 g/mol. The normalized spacial score (nSPS) is 17.0. The van der Waals surface area contributed by atoms with Crippen molar-refractivity contribution in [2.24, 2.45) is 0 Å². The van der Waals surface area contributed by atoms with E-state index in [4.69, 9.17) is 16.8 Å². The van der Waals surface area contributed by atoms with Gasteiger partial charge >= 0.3 is 29.6 Å². The molecule has 10 heteroatoms. The molecule has 112 valence electrons. The number of thiocarbonyl (C=S) groups is 1. The van der Waals surface area contributed by atoms with E-state index in [2.05, 4.69) is 0 Å². The number of phenols is 1. The first-order valence-electron chi connectivity index (χ1n) is 5.80. The molecule has 2 rings (SSSR count). The molecule has 1 aromatic carbocycles. The van der Waals surface area contributed by atoms with Crippen LogP contribution in [0.15, 0.2) is 28.0 Å². The molecular weight excluding hydrogens is 357 g/mol. The molecule has 0 radical (unpaired) electrons. The van der Waals surface area contributed by atoms with Gasteiger partial charge in [-0.15, -0.1) is 0 Å². The van der Waals surface area contributed by atoms with E-state index in [1.165, 1.54) is 17.0 Å². The number of benzene rings is 1. The Kier molecular flexibility index (Phi) is 6.63. The van der Waals surface area contributed by atoms with Gasteiger partial charge in [0.05, 0.1) is 4.91 Å². The molecule has 0 unspecified atom stereocenters. The molecule has 0 bridgehead atoms. The predicted molar refractivity (Wildman–Crippen MR) is 83.5 cm³/mol. The summed E-state index contributed by atoms with van der Waals surface area (Å²) in [6, 6.07) is 3.65. The minimum atomic E-state index is -4.54. The summed E-state index contributed by atoms with van der Waals surface area (Å²) in [4.78, 5) is 13.2. The molecule has 0 saturated carbocycles. The molecule has 2 N–H and O–H groups in total. The number of likely N-dealkylation sites (N-methyl/N-ethyl adjacent to an activating group) is 1. The molecule has 1 amide bonds. The molecule has 0 spiro atoms. The molecule has 6 nitrogen and oxygen atoms in total. The van der Waals surface area contributed by atoms with Crippen LogP contribution in [0.1, 0.15) is 12.5 Å². The van der Waals surface area contributed by atoms with Crippen LogP contribution in [0.25, 0.3) is 6.08 Å². The van der Waals surface area contributed by atoms with Gasteiger partial charge < -0.3 is 5.11 Å². The summed E-state index contributed by atoms with van der Waals surface area (Å²) in [7, 11) is -4.54. The Morgan fingerprint density at radius 1 is 1.41 bits per heavy atom. The van der Waals surface area contributed by atoms with Gasteiger partial charge in [-0.3, -0.25) is 14.2 Å². The quantitative estimate of drug-likeness (QED) is 0.302. The van der Waals surface area contributed by atoms with Gasteiger partial charge in [0, 0.05) is 6.54 Å². The molecule has 1 aliphatic rings. The van der Waals surface area contributed by atoms with Gasteiger partial charge in [0.2, 0.25) is 0 Å². The van der Waals surface area contributed by atoms with Crippen LogP contribution in [0.5, 0.6) is 5.75 Å². The summed E-state index contributed by atoms with van der Waals surface area (Å²) in [5.74, 6) is -0.815. The number of nitrogens with zero attached hydrogens (tertiary/aromatic N) is 1. The molecule has 1 aromatic rings. The minimum absolute atomic E-state index is 0. The zero-order valence-corrected chi connectivity index (χ0v) is 16.3. The van der Waals surface area contributed by atoms with Crippen molar-refractivity contribution in [2.75, 3.05) is 6.54 Å². The maximum Gasteiger partial charge on any atom is 1.00 e. The van der Waals surface area contributed by atoms with Crippen LogP contribution in [0, 0.1) is 0 Å². The van der Waals surface area contributed by atoms with Gasteiger partial charge in [-0.2, -0.15) is 8.42 Å². The summed E-state index contributed by atoms with van der Waals surface area (Å²) in [6.07, 6.45) is 1.46. The Labute approximate surface area is 159 Å². The van der Waals surface area contributed by atoms with Crippen molar-refractivity contribution in [3.8, 4) is 5.75 Å². The monoisotopic (exact) mass is 368 g/mol. The van der Waals surface area contributed by atoms with E-state index in [9.17, 15) is 18.3 Å². The smallest absolute Gasteiger partial charge is 0.506 e. The van der Waals surface area contributed by atoms with E-state index >= 15 is 0 Å². The number of rotatable bonds is 3. The van der Waals surface area contributed by atoms with Gasteiger partial charge in [0.15, 0.2) is 0 Å². The number of carbonyl (C=O) groups excluding carboxylic acids is 1. The van der Waals surface area contributed by atoms with Gasteiger partial charge in [-0.1, -0.05) is 30.0 Å². The Hall–Kier alpha value is -0.420. The second-order valence-corrected chi connectivity index (χ2v) is 7.19. The topological polar surface area (TPSA) is 94.9 Å². The first-order chi connectivity index (χ1) is 9.74. The number of aromatic hydroxyl groups is 1. The second kappa shape index (κ2) is 7.43. The summed E-state index contributed by atoms with van der Waals surface area (Å²) >= 11 is 6.18. The average Bonchev–Trinajstić information content (AvgIpc) is 2.65. The number of hydrogen-bond acceptors (Lipinski definition) is 6. The maximum atomic E-state index is 12.0. The molecule has 0 atom stereocenters. The van der Waals surface area contributed by atoms with Crippen molar-refractivity contribution in [3.63, 3.8) is 0 Å². The second-order valence-electron chi connectivity index (χ2n) is 4.13. The first kappa shape index (κ1) is 19.6. The SMILES string of the molecule is CCN1C(=O)/C(=C/c2ccc(O)c(S(=O)(=O)O)c2)SC1=S.[Na+]. The molecule has 0 aliphatic carbocycles. The number of thioether (sulfide) groups is 1. The van der Waals surface area contributed by atoms with Crippen LogP contribution in [0.4, 0.5) is 0 Å². The first-order valence-corrected chi connectivity index (χ1v) is 8.46. The van der Waals surface area contributed by atoms with E-state index in [0.717, 1.165) is 23.9 Å². The Morgan fingerprint density at radius 3 is 2.55 bits per heavy atom. The van der Waals surface area contributed by atoms with Crippen LogP contribution in [0.3, 0.4) is 0 Å². The van der Waals surface area contributed by atoms with Gasteiger partial charge in [0.25, 0.3) is 16.0 Å². The predicted octanol–water partition coefficient (Wildman–Crippen LogP) is -1.14. The largest absolute Gasteiger partial charge is 1.00 e. The van der Waals surface area contributed by atoms with Crippen LogP contribution >= 0.6 is 24.0 Å². The van der Waals surface area contributed by atoms with Crippen LogP contribution in [0.2, 0.25) is 0 Å². The summed E-state index contributed by atoms with van der Waals surface area (Å²) in [6.45, 7) is 2.25. The van der Waals surface area contributed by atoms with Crippen molar-refractivity contribution in [1.82, 2.24) is 4.90 Å². The standard InChI is InChI=1S/C12H11NO5S3.Na/c1-2-13-11(15)9(20-12(13)19)5-7-3-4-8(14)10(6-7)21(16,17)18;/h3-6,14H,2H2,1H3,(H,16,17,18);/q;+1/b9-5-;. The Balaban J connectivity index is 0.00000242. The fraction of sp³-hybridized carbons (Fsp3) is 0.167. The van der Waals surface area contributed by atoms with Crippen molar-refractivity contribution in [1.29, 1.82) is 0 Å². The minimum Gasteiger partial charge on any atom is -0.506 e. The number of phenolic OH excluding ortho intramolecular Hbond substituents is 1. The molecule has 22 heavy (non-hydrogen) atoms. The van der Waals surface area contributed by atoms with Crippen molar-refractivity contribution in [3.05, 3.63) is 28.7 Å². The fourth-order valence-electron chi connectivity index (χ4n) is 1.75. The zero-order chi connectivity index (χ0) is 15.8. The molecule has 1 saturated heterocycles. The zero-order valence-electron chi connectivity index (χ0n) is 11.8. The van der Waals surface area contributed by atoms with Crippen LogP contribution in [-0.2, 0) is 14.9 Å². The van der Waals surface area contributed by atoms with Gasteiger partial charge in [-0.25, -0.2) is 0 Å². The Bertz CT molecular complexity index is 760. The van der Waals surface area contributed by atoms with E-state index in [0.29, 0.717) is 21.3 Å². The van der Waals surface area contributed by atoms with Crippen molar-refractivity contribution in [2.45, 2.75) is 11.8 Å². The van der Waals surface area contributed by atoms with Gasteiger partial charge in [0.1, 0.15) is 15.0 Å². The van der Waals surface area contributed by atoms with E-state index < -0.39 is 20.8 Å². The van der Waals surface area contributed by atoms with Crippen LogP contribution < -0.4 is 29.6 Å². The third kappa shape index (κ3) is 4.10. The number of hydrogen-bond donors (Lipinski definition) is 2. The van der Waals surface area contributed by atoms with E-state index in [-0.39, 0.29) is 35.5 Å². The Morgan fingerprint density at radius 2 is 2.05 bits per heavy atom. The maximum absolute atomic E-state index is 12.0. The molecule has 0 aromatic heterocycles. The van der Waals surface area contributed by atoms with Crippen molar-refractivity contribution >= 4 is 50.4 Å². The van der Waals surface area contributed by atoms with E-state index in [1.54, 1.807) is 6.92 Å². The third-order valence-corrected chi connectivity index (χ3v) is 5.01. The molecule has 1 heterocycles. The number of carbonyl (C=O) groups is 1. The van der Waals surface area contributed by atoms with E-state index in [1.807, 2.05) is 0 Å². The van der Waals surface area contributed by atoms with Crippen molar-refractivity contribution < 1.29 is 52.4 Å². The third-order valence-electron chi connectivity index (χ3n) is 2.75. The summed E-state index contributed by atoms with van der Waals surface area (Å²) in [5.41, 5.74) is 0.358. The number of amides is 1. The molecule has 1 aliphatic heterocycles. The van der Waals surface area contributed by atoms with Gasteiger partial charge in [-0.05, 0) is 30.7 Å². The summed E-state index contributed by atoms with van der Waals surface area (Å²) < 4.78 is 31.7.